The number of benzene rings is 2. The number of aryl methyl sites for hydroxylation is 2. The van der Waals surface area contributed by atoms with Gasteiger partial charge in [-0.15, -0.1) is 0 Å². The minimum Gasteiger partial charge on any atom is -0.497 e. The van der Waals surface area contributed by atoms with Crippen LogP contribution >= 0.6 is 0 Å². The Kier molecular flexibility index (Phi) is 5.58. The van der Waals surface area contributed by atoms with Crippen LogP contribution in [0.15, 0.2) is 47.4 Å². The Morgan fingerprint density at radius 2 is 1.62 bits per heavy atom. The maximum absolute atomic E-state index is 12.2. The predicted molar refractivity (Wildman–Crippen MR) is 92.7 cm³/mol. The molecule has 24 heavy (non-hydrogen) atoms. The van der Waals surface area contributed by atoms with Crippen LogP contribution in [0.2, 0.25) is 0 Å². The molecule has 0 radical (unpaired) electrons. The number of rotatable bonds is 6. The molecule has 0 aliphatic rings. The van der Waals surface area contributed by atoms with E-state index >= 15 is 0 Å². The summed E-state index contributed by atoms with van der Waals surface area (Å²) in [5.41, 5.74) is 2.54. The number of amides is 1. The first kappa shape index (κ1) is 18.0. The number of sulfonamides is 1. The molecule has 0 saturated carbocycles. The third-order valence-electron chi connectivity index (χ3n) is 3.54. The highest BCUT2D eigenvalue weighted by atomic mass is 32.2. The van der Waals surface area contributed by atoms with Gasteiger partial charge in [-0.2, -0.15) is 0 Å². The van der Waals surface area contributed by atoms with Crippen molar-refractivity contribution in [1.29, 1.82) is 0 Å². The smallest absolute Gasteiger partial charge is 0.241 e. The summed E-state index contributed by atoms with van der Waals surface area (Å²) in [7, 11) is -2.26. The average molecular weight is 348 g/mol. The van der Waals surface area contributed by atoms with Crippen LogP contribution in [0.5, 0.6) is 5.75 Å². The van der Waals surface area contributed by atoms with Crippen molar-refractivity contribution in [2.24, 2.45) is 0 Å². The normalized spacial score (nSPS) is 11.1. The van der Waals surface area contributed by atoms with Gasteiger partial charge in [0.25, 0.3) is 0 Å². The van der Waals surface area contributed by atoms with Gasteiger partial charge in [0.1, 0.15) is 5.75 Å². The first-order chi connectivity index (χ1) is 11.3. The molecule has 2 aromatic rings. The maximum Gasteiger partial charge on any atom is 0.241 e. The average Bonchev–Trinajstić information content (AvgIpc) is 2.56. The molecular formula is C17H20N2O4S. The lowest BCUT2D eigenvalue weighted by atomic mass is 10.1. The molecule has 0 heterocycles. The van der Waals surface area contributed by atoms with Crippen molar-refractivity contribution in [2.45, 2.75) is 18.7 Å². The van der Waals surface area contributed by atoms with Gasteiger partial charge in [0.05, 0.1) is 18.6 Å². The molecule has 0 saturated heterocycles. The molecule has 0 fully saturated rings. The van der Waals surface area contributed by atoms with Crippen LogP contribution in [-0.4, -0.2) is 28.0 Å². The van der Waals surface area contributed by atoms with Crippen LogP contribution < -0.4 is 14.8 Å². The number of ether oxygens (including phenoxy) is 1. The third kappa shape index (κ3) is 4.33. The molecule has 1 amide bonds. The Balaban J connectivity index is 2.02. The van der Waals surface area contributed by atoms with E-state index in [4.69, 9.17) is 4.74 Å². The predicted octanol–water partition coefficient (Wildman–Crippen LogP) is 2.23. The largest absolute Gasteiger partial charge is 0.497 e. The zero-order valence-corrected chi connectivity index (χ0v) is 14.6. The Morgan fingerprint density at radius 1 is 1.04 bits per heavy atom. The molecule has 2 aromatic carbocycles. The Bertz CT molecular complexity index is 810. The van der Waals surface area contributed by atoms with Crippen molar-refractivity contribution in [3.05, 3.63) is 53.6 Å². The Labute approximate surface area is 141 Å². The minimum absolute atomic E-state index is 0.0724. The minimum atomic E-state index is -3.76. The number of carbonyl (C=O) groups is 1. The number of carbonyl (C=O) groups excluding carboxylic acids is 1. The number of nitrogens with one attached hydrogen (secondary N) is 2. The quantitative estimate of drug-likeness (QED) is 0.838. The topological polar surface area (TPSA) is 84.5 Å². The second-order valence-corrected chi connectivity index (χ2v) is 7.08. The molecule has 0 bridgehead atoms. The molecular weight excluding hydrogens is 328 g/mol. The first-order valence-electron chi connectivity index (χ1n) is 7.33. The first-order valence-corrected chi connectivity index (χ1v) is 8.81. The number of para-hydroxylation sites is 1. The number of methoxy groups -OCH3 is 1. The van der Waals surface area contributed by atoms with Crippen LogP contribution in [-0.2, 0) is 14.8 Å². The van der Waals surface area contributed by atoms with Crippen molar-refractivity contribution in [3.8, 4) is 5.75 Å². The number of hydrogen-bond donors (Lipinski definition) is 2. The van der Waals surface area contributed by atoms with Crippen LogP contribution in [0.4, 0.5) is 5.69 Å². The molecule has 2 N–H and O–H groups in total. The molecule has 0 unspecified atom stereocenters. The van der Waals surface area contributed by atoms with E-state index in [1.807, 2.05) is 32.0 Å². The van der Waals surface area contributed by atoms with Gasteiger partial charge in [0.15, 0.2) is 0 Å². The fraction of sp³-hybridized carbons (Fsp3) is 0.235. The van der Waals surface area contributed by atoms with Gasteiger partial charge in [-0.1, -0.05) is 18.2 Å². The SMILES string of the molecule is COc1ccc(S(=O)(=O)NCC(=O)Nc2c(C)cccc2C)cc1. The van der Waals surface area contributed by atoms with E-state index in [9.17, 15) is 13.2 Å². The van der Waals surface area contributed by atoms with Crippen LogP contribution in [0.25, 0.3) is 0 Å². The van der Waals surface area contributed by atoms with E-state index < -0.39 is 15.9 Å². The standard InChI is InChI=1S/C17H20N2O4S/c1-12-5-4-6-13(2)17(12)19-16(20)11-18-24(21,22)15-9-7-14(23-3)8-10-15/h4-10,18H,11H2,1-3H3,(H,19,20). The lowest BCUT2D eigenvalue weighted by Crippen LogP contribution is -2.33. The lowest BCUT2D eigenvalue weighted by Gasteiger charge is -2.12. The van der Waals surface area contributed by atoms with Gasteiger partial charge in [0, 0.05) is 5.69 Å². The van der Waals surface area contributed by atoms with Gasteiger partial charge >= 0.3 is 0 Å². The molecule has 128 valence electrons. The monoisotopic (exact) mass is 348 g/mol. The second-order valence-electron chi connectivity index (χ2n) is 5.32. The zero-order chi connectivity index (χ0) is 17.7. The van der Waals surface area contributed by atoms with Crippen LogP contribution in [0.1, 0.15) is 11.1 Å². The maximum atomic E-state index is 12.2. The molecule has 6 nitrogen and oxygen atoms in total. The highest BCUT2D eigenvalue weighted by Gasteiger charge is 2.16. The second kappa shape index (κ2) is 7.46. The number of anilines is 1. The summed E-state index contributed by atoms with van der Waals surface area (Å²) < 4.78 is 31.7. The van der Waals surface area contributed by atoms with Crippen molar-refractivity contribution in [1.82, 2.24) is 4.72 Å². The van der Waals surface area contributed by atoms with E-state index in [-0.39, 0.29) is 11.4 Å². The van der Waals surface area contributed by atoms with Gasteiger partial charge in [-0.25, -0.2) is 13.1 Å². The third-order valence-corrected chi connectivity index (χ3v) is 4.96. The summed E-state index contributed by atoms with van der Waals surface area (Å²) in [4.78, 5) is 12.1. The van der Waals surface area contributed by atoms with E-state index in [2.05, 4.69) is 10.0 Å². The molecule has 0 atom stereocenters. The molecule has 2 rings (SSSR count). The molecule has 0 aliphatic carbocycles. The molecule has 0 spiro atoms. The molecule has 7 heteroatoms. The van der Waals surface area contributed by atoms with Crippen LogP contribution in [0.3, 0.4) is 0 Å². The molecule has 0 aromatic heterocycles. The number of hydrogen-bond acceptors (Lipinski definition) is 4. The van der Waals surface area contributed by atoms with Gasteiger partial charge in [0.2, 0.25) is 15.9 Å². The summed E-state index contributed by atoms with van der Waals surface area (Å²) in [5, 5.41) is 2.73. The summed E-state index contributed by atoms with van der Waals surface area (Å²) in [6.07, 6.45) is 0. The fourth-order valence-corrected chi connectivity index (χ4v) is 3.18. The Hall–Kier alpha value is -2.38. The van der Waals surface area contributed by atoms with Crippen molar-refractivity contribution < 1.29 is 17.9 Å². The summed E-state index contributed by atoms with van der Waals surface area (Å²) in [6, 6.07) is 11.6. The highest BCUT2D eigenvalue weighted by Crippen LogP contribution is 2.19. The summed E-state index contributed by atoms with van der Waals surface area (Å²) in [5.74, 6) is 0.131. The lowest BCUT2D eigenvalue weighted by molar-refractivity contribution is -0.115. The van der Waals surface area contributed by atoms with E-state index in [1.54, 1.807) is 12.1 Å². The van der Waals surface area contributed by atoms with E-state index in [0.29, 0.717) is 11.4 Å². The van der Waals surface area contributed by atoms with E-state index in [0.717, 1.165) is 11.1 Å². The van der Waals surface area contributed by atoms with Crippen molar-refractivity contribution >= 4 is 21.6 Å². The van der Waals surface area contributed by atoms with Gasteiger partial charge in [-0.05, 0) is 49.2 Å². The Morgan fingerprint density at radius 3 is 2.17 bits per heavy atom. The van der Waals surface area contributed by atoms with Gasteiger partial charge < -0.3 is 10.1 Å². The summed E-state index contributed by atoms with van der Waals surface area (Å²) >= 11 is 0. The molecule has 0 aliphatic heterocycles. The highest BCUT2D eigenvalue weighted by molar-refractivity contribution is 7.89. The zero-order valence-electron chi connectivity index (χ0n) is 13.8. The fourth-order valence-electron chi connectivity index (χ4n) is 2.19. The van der Waals surface area contributed by atoms with Crippen LogP contribution in [0, 0.1) is 13.8 Å². The van der Waals surface area contributed by atoms with Gasteiger partial charge in [-0.3, -0.25) is 4.79 Å². The summed E-state index contributed by atoms with van der Waals surface area (Å²) in [6.45, 7) is 3.41. The van der Waals surface area contributed by atoms with Crippen molar-refractivity contribution in [3.63, 3.8) is 0 Å². The van der Waals surface area contributed by atoms with Crippen molar-refractivity contribution in [2.75, 3.05) is 19.0 Å². The van der Waals surface area contributed by atoms with E-state index in [1.165, 1.54) is 19.2 Å².